The van der Waals surface area contributed by atoms with Crippen molar-refractivity contribution in [3.8, 4) is 27.9 Å². The molecule has 248 valence electrons. The summed E-state index contributed by atoms with van der Waals surface area (Å²) in [5.74, 6) is 0. The molecule has 0 N–H and O–H groups in total. The Balaban J connectivity index is 1.08. The summed E-state index contributed by atoms with van der Waals surface area (Å²) in [4.78, 5) is 2.40. The molecule has 10 aromatic rings. The first-order chi connectivity index (χ1) is 26.3. The van der Waals surface area contributed by atoms with Crippen molar-refractivity contribution < 1.29 is 4.42 Å². The maximum absolute atomic E-state index is 6.36. The molecule has 3 nitrogen and oxygen atoms in total. The average Bonchev–Trinajstić information content (AvgIpc) is 3.70. The highest BCUT2D eigenvalue weighted by atomic mass is 16.3. The molecule has 0 bridgehead atoms. The van der Waals surface area contributed by atoms with Gasteiger partial charge in [-0.3, -0.25) is 0 Å². The first-order valence-electron chi connectivity index (χ1n) is 18.1. The Hall–Kier alpha value is -7.10. The van der Waals surface area contributed by atoms with Crippen molar-refractivity contribution >= 4 is 73.0 Å². The summed E-state index contributed by atoms with van der Waals surface area (Å²) in [6.45, 7) is 0. The molecule has 0 unspecified atom stereocenters. The number of aromatic nitrogens is 1. The van der Waals surface area contributed by atoms with Crippen LogP contribution in [0, 0.1) is 0 Å². The summed E-state index contributed by atoms with van der Waals surface area (Å²) in [5, 5.41) is 4.73. The maximum atomic E-state index is 6.36. The number of para-hydroxylation sites is 3. The molecule has 1 aliphatic heterocycles. The smallest absolute Gasteiger partial charge is 0.136 e. The first-order valence-corrected chi connectivity index (χ1v) is 18.1. The van der Waals surface area contributed by atoms with Crippen LogP contribution in [-0.4, -0.2) is 4.57 Å². The average molecular weight is 677 g/mol. The lowest BCUT2D eigenvalue weighted by Gasteiger charge is -2.28. The van der Waals surface area contributed by atoms with Crippen molar-refractivity contribution in [2.24, 2.45) is 0 Å². The van der Waals surface area contributed by atoms with Gasteiger partial charge in [-0.1, -0.05) is 121 Å². The standard InChI is InChI=1S/C50H32N2O/c1-3-11-33(12-4-1)34-21-25-40(26-22-34)51-45-27-23-35(29-37(45)19-20-38-31-50-44(32-48(38)51)42-16-8-10-18-49(42)53-50)36-24-28-47-43(30-36)41-15-7-9-17-46(41)52(47)39-13-5-2-6-14-39/h1-32H. The predicted octanol–water partition coefficient (Wildman–Crippen LogP) is 14.0. The lowest BCUT2D eigenvalue weighted by atomic mass is 9.99. The molecule has 0 spiro atoms. The van der Waals surface area contributed by atoms with E-state index in [9.17, 15) is 0 Å². The van der Waals surface area contributed by atoms with Crippen molar-refractivity contribution in [2.45, 2.75) is 0 Å². The molecule has 11 rings (SSSR count). The minimum absolute atomic E-state index is 0.892. The van der Waals surface area contributed by atoms with Crippen LogP contribution in [0.4, 0.5) is 17.1 Å². The number of furan rings is 1. The molecule has 0 saturated carbocycles. The van der Waals surface area contributed by atoms with E-state index < -0.39 is 0 Å². The third-order valence-electron chi connectivity index (χ3n) is 10.7. The van der Waals surface area contributed by atoms with Crippen LogP contribution in [-0.2, 0) is 0 Å². The van der Waals surface area contributed by atoms with E-state index in [-0.39, 0.29) is 0 Å². The molecule has 0 atom stereocenters. The first kappa shape index (κ1) is 29.6. The van der Waals surface area contributed by atoms with Crippen LogP contribution in [0.25, 0.3) is 83.8 Å². The van der Waals surface area contributed by atoms with Gasteiger partial charge in [0.05, 0.1) is 22.4 Å². The Kier molecular flexibility index (Phi) is 6.55. The molecular formula is C50H32N2O. The van der Waals surface area contributed by atoms with E-state index >= 15 is 0 Å². The van der Waals surface area contributed by atoms with Crippen molar-refractivity contribution in [3.05, 3.63) is 193 Å². The van der Waals surface area contributed by atoms with Gasteiger partial charge in [0, 0.05) is 38.5 Å². The van der Waals surface area contributed by atoms with E-state index in [1.165, 1.54) is 44.1 Å². The third kappa shape index (κ3) is 4.75. The van der Waals surface area contributed by atoms with Crippen molar-refractivity contribution in [1.82, 2.24) is 4.57 Å². The highest BCUT2D eigenvalue weighted by Crippen LogP contribution is 2.46. The zero-order valence-corrected chi connectivity index (χ0v) is 28.8. The lowest BCUT2D eigenvalue weighted by molar-refractivity contribution is 0.669. The molecule has 0 amide bonds. The molecule has 8 aromatic carbocycles. The van der Waals surface area contributed by atoms with Gasteiger partial charge in [-0.15, -0.1) is 0 Å². The summed E-state index contributed by atoms with van der Waals surface area (Å²) in [5.41, 5.74) is 15.7. The summed E-state index contributed by atoms with van der Waals surface area (Å²) in [6.07, 6.45) is 4.49. The van der Waals surface area contributed by atoms with Crippen LogP contribution in [0.5, 0.6) is 0 Å². The largest absolute Gasteiger partial charge is 0.456 e. The number of benzene rings is 8. The summed E-state index contributed by atoms with van der Waals surface area (Å²) in [6, 6.07) is 65.4. The van der Waals surface area contributed by atoms with E-state index in [0.717, 1.165) is 55.8 Å². The number of hydrogen-bond acceptors (Lipinski definition) is 2. The topological polar surface area (TPSA) is 21.3 Å². The molecule has 0 aliphatic carbocycles. The second kappa shape index (κ2) is 11.7. The van der Waals surface area contributed by atoms with E-state index in [0.29, 0.717) is 0 Å². The van der Waals surface area contributed by atoms with Crippen LogP contribution < -0.4 is 4.90 Å². The predicted molar refractivity (Wildman–Crippen MR) is 223 cm³/mol. The molecule has 0 saturated heterocycles. The molecule has 0 radical (unpaired) electrons. The molecular weight excluding hydrogens is 645 g/mol. The zero-order valence-electron chi connectivity index (χ0n) is 28.8. The highest BCUT2D eigenvalue weighted by Gasteiger charge is 2.23. The maximum Gasteiger partial charge on any atom is 0.136 e. The Bertz CT molecular complexity index is 3040. The lowest BCUT2D eigenvalue weighted by Crippen LogP contribution is -2.11. The molecule has 3 heteroatoms. The summed E-state index contributed by atoms with van der Waals surface area (Å²) in [7, 11) is 0. The van der Waals surface area contributed by atoms with Gasteiger partial charge in [0.25, 0.3) is 0 Å². The minimum atomic E-state index is 0.892. The van der Waals surface area contributed by atoms with Crippen LogP contribution in [0.2, 0.25) is 0 Å². The van der Waals surface area contributed by atoms with E-state index in [1.54, 1.807) is 0 Å². The van der Waals surface area contributed by atoms with Crippen molar-refractivity contribution in [2.75, 3.05) is 4.90 Å². The van der Waals surface area contributed by atoms with E-state index in [2.05, 4.69) is 191 Å². The van der Waals surface area contributed by atoms with E-state index in [1.807, 2.05) is 12.1 Å². The Morgan fingerprint density at radius 1 is 0.340 bits per heavy atom. The Labute approximate surface area is 306 Å². The third-order valence-corrected chi connectivity index (χ3v) is 10.7. The fraction of sp³-hybridized carbons (Fsp3) is 0. The Morgan fingerprint density at radius 3 is 1.79 bits per heavy atom. The fourth-order valence-electron chi connectivity index (χ4n) is 8.20. The number of fused-ring (bicyclic) bond motifs is 8. The summed E-state index contributed by atoms with van der Waals surface area (Å²) < 4.78 is 8.73. The van der Waals surface area contributed by atoms with Crippen molar-refractivity contribution in [3.63, 3.8) is 0 Å². The SMILES string of the molecule is C1=Cc2cc3oc4ccccc4c3cc2N(c2ccc(-c3ccccc3)cc2)c2ccc(-c3ccc4c(c3)c3ccccc3n4-c3ccccc3)cc21. The molecule has 1 aliphatic rings. The van der Waals surface area contributed by atoms with Gasteiger partial charge >= 0.3 is 0 Å². The van der Waals surface area contributed by atoms with Crippen LogP contribution in [0.3, 0.4) is 0 Å². The number of anilines is 3. The second-order valence-corrected chi connectivity index (χ2v) is 13.8. The normalized spacial score (nSPS) is 12.4. The molecule has 2 aromatic heterocycles. The minimum Gasteiger partial charge on any atom is -0.456 e. The molecule has 0 fully saturated rings. The number of nitrogens with zero attached hydrogens (tertiary/aromatic N) is 2. The van der Waals surface area contributed by atoms with Gasteiger partial charge in [-0.05, 0) is 101 Å². The zero-order chi connectivity index (χ0) is 34.9. The Morgan fingerprint density at radius 2 is 0.962 bits per heavy atom. The summed E-state index contributed by atoms with van der Waals surface area (Å²) >= 11 is 0. The van der Waals surface area contributed by atoms with Crippen LogP contribution in [0.1, 0.15) is 11.1 Å². The van der Waals surface area contributed by atoms with Gasteiger partial charge in [-0.25, -0.2) is 0 Å². The van der Waals surface area contributed by atoms with Crippen LogP contribution >= 0.6 is 0 Å². The second-order valence-electron chi connectivity index (χ2n) is 13.8. The fourth-order valence-corrected chi connectivity index (χ4v) is 8.20. The van der Waals surface area contributed by atoms with Crippen LogP contribution in [0.15, 0.2) is 186 Å². The van der Waals surface area contributed by atoms with Gasteiger partial charge in [0.1, 0.15) is 11.2 Å². The molecule has 3 heterocycles. The van der Waals surface area contributed by atoms with Gasteiger partial charge < -0.3 is 13.9 Å². The quantitative estimate of drug-likeness (QED) is 0.185. The van der Waals surface area contributed by atoms with Gasteiger partial charge in [0.15, 0.2) is 0 Å². The van der Waals surface area contributed by atoms with Gasteiger partial charge in [-0.2, -0.15) is 0 Å². The number of hydrogen-bond donors (Lipinski definition) is 0. The van der Waals surface area contributed by atoms with E-state index in [4.69, 9.17) is 4.42 Å². The van der Waals surface area contributed by atoms with Gasteiger partial charge in [0.2, 0.25) is 0 Å². The molecule has 53 heavy (non-hydrogen) atoms. The number of rotatable bonds is 4. The monoisotopic (exact) mass is 676 g/mol. The highest BCUT2D eigenvalue weighted by molar-refractivity contribution is 6.11. The van der Waals surface area contributed by atoms with Crippen molar-refractivity contribution in [1.29, 1.82) is 0 Å².